The quantitative estimate of drug-likeness (QED) is 0.107. The molecule has 0 aliphatic rings. The minimum absolute atomic E-state index is 0.0764. The van der Waals surface area contributed by atoms with Crippen LogP contribution in [0.25, 0.3) is 0 Å². The van der Waals surface area contributed by atoms with Gasteiger partial charge < -0.3 is 19.8 Å². The molecule has 0 spiro atoms. The molecule has 0 rings (SSSR count). The molecular formula is C25H46NO6+. The lowest BCUT2D eigenvalue weighted by atomic mass is 10.1. The summed E-state index contributed by atoms with van der Waals surface area (Å²) in [6, 6.07) is 0. The van der Waals surface area contributed by atoms with Crippen LogP contribution in [0.2, 0.25) is 0 Å². The summed E-state index contributed by atoms with van der Waals surface area (Å²) in [5.74, 6) is -2.81. The van der Waals surface area contributed by atoms with E-state index in [0.717, 1.165) is 19.3 Å². The van der Waals surface area contributed by atoms with Crippen LogP contribution in [0, 0.1) is 0 Å². The Hall–Kier alpha value is -1.89. The lowest BCUT2D eigenvalue weighted by Crippen LogP contribution is -2.52. The van der Waals surface area contributed by atoms with Crippen molar-refractivity contribution in [2.75, 3.05) is 26.2 Å². The predicted molar refractivity (Wildman–Crippen MR) is 127 cm³/mol. The minimum atomic E-state index is -0.936. The van der Waals surface area contributed by atoms with Gasteiger partial charge in [0.25, 0.3) is 0 Å². The molecule has 0 heterocycles. The first-order valence-electron chi connectivity index (χ1n) is 12.5. The van der Waals surface area contributed by atoms with E-state index >= 15 is 0 Å². The van der Waals surface area contributed by atoms with Crippen LogP contribution in [0.3, 0.4) is 0 Å². The fourth-order valence-corrected chi connectivity index (χ4v) is 4.00. The third-order valence-corrected chi connectivity index (χ3v) is 6.04. The Labute approximate surface area is 194 Å². The Bertz CT molecular complexity index is 501. The molecule has 0 aliphatic carbocycles. The van der Waals surface area contributed by atoms with Gasteiger partial charge in [-0.25, -0.2) is 0 Å². The normalized spacial score (nSPS) is 11.8. The maximum Gasteiger partial charge on any atom is 0.309 e. The van der Waals surface area contributed by atoms with Gasteiger partial charge in [-0.2, -0.15) is 0 Å². The second-order valence-electron chi connectivity index (χ2n) is 8.90. The third kappa shape index (κ3) is 18.8. The summed E-state index contributed by atoms with van der Waals surface area (Å²) in [5, 5.41) is 27.2. The van der Waals surface area contributed by atoms with Crippen LogP contribution in [-0.2, 0) is 14.4 Å². The van der Waals surface area contributed by atoms with Gasteiger partial charge in [-0.1, -0.05) is 64.0 Å². The zero-order valence-corrected chi connectivity index (χ0v) is 20.1. The molecule has 7 nitrogen and oxygen atoms in total. The second kappa shape index (κ2) is 19.8. The molecule has 0 aromatic rings. The monoisotopic (exact) mass is 456 g/mol. The van der Waals surface area contributed by atoms with E-state index in [1.165, 1.54) is 57.8 Å². The number of nitrogens with zero attached hydrogens (tertiary/aromatic N) is 1. The maximum atomic E-state index is 11.1. The van der Waals surface area contributed by atoms with Crippen LogP contribution in [0.1, 0.15) is 103 Å². The average molecular weight is 457 g/mol. The van der Waals surface area contributed by atoms with Crippen molar-refractivity contribution in [2.45, 2.75) is 103 Å². The first kappa shape index (κ1) is 30.1. The SMILES string of the molecule is CCCC/C=C/CCCCCCCCCC[N+](CCC(=O)O)(CCC(=O)O)CCC(=O)O. The number of carbonyl (C=O) groups is 3. The van der Waals surface area contributed by atoms with E-state index in [2.05, 4.69) is 19.1 Å². The molecule has 0 saturated carbocycles. The summed E-state index contributed by atoms with van der Waals surface area (Å²) < 4.78 is 0.261. The van der Waals surface area contributed by atoms with E-state index in [-0.39, 0.29) is 43.4 Å². The molecule has 0 aliphatic heterocycles. The summed E-state index contributed by atoms with van der Waals surface area (Å²) in [6.45, 7) is 3.69. The van der Waals surface area contributed by atoms with Crippen molar-refractivity contribution in [3.8, 4) is 0 Å². The van der Waals surface area contributed by atoms with E-state index in [9.17, 15) is 14.4 Å². The van der Waals surface area contributed by atoms with E-state index in [4.69, 9.17) is 15.3 Å². The maximum absolute atomic E-state index is 11.1. The zero-order valence-electron chi connectivity index (χ0n) is 20.1. The van der Waals surface area contributed by atoms with Crippen molar-refractivity contribution in [1.29, 1.82) is 0 Å². The highest BCUT2D eigenvalue weighted by Gasteiger charge is 2.29. The molecule has 0 atom stereocenters. The zero-order chi connectivity index (χ0) is 24.1. The van der Waals surface area contributed by atoms with Crippen LogP contribution >= 0.6 is 0 Å². The predicted octanol–water partition coefficient (Wildman–Crippen LogP) is 5.48. The van der Waals surface area contributed by atoms with Gasteiger partial charge in [0.2, 0.25) is 0 Å². The number of quaternary nitrogens is 1. The van der Waals surface area contributed by atoms with Gasteiger partial charge in [0, 0.05) is 0 Å². The van der Waals surface area contributed by atoms with Crippen LogP contribution in [0.15, 0.2) is 12.2 Å². The number of hydrogen-bond acceptors (Lipinski definition) is 3. The van der Waals surface area contributed by atoms with Gasteiger partial charge in [-0.15, -0.1) is 0 Å². The lowest BCUT2D eigenvalue weighted by Gasteiger charge is -2.38. The molecule has 0 amide bonds. The fraction of sp³-hybridized carbons (Fsp3) is 0.800. The number of hydrogen-bond donors (Lipinski definition) is 3. The molecule has 32 heavy (non-hydrogen) atoms. The van der Waals surface area contributed by atoms with Crippen molar-refractivity contribution < 1.29 is 34.2 Å². The lowest BCUT2D eigenvalue weighted by molar-refractivity contribution is -0.927. The molecule has 0 bridgehead atoms. The van der Waals surface area contributed by atoms with Gasteiger partial charge in [0.05, 0.1) is 45.4 Å². The number of rotatable bonds is 23. The molecule has 3 N–H and O–H groups in total. The topological polar surface area (TPSA) is 112 Å². The van der Waals surface area contributed by atoms with Gasteiger partial charge in [0.1, 0.15) is 0 Å². The van der Waals surface area contributed by atoms with E-state index in [1.54, 1.807) is 0 Å². The van der Waals surface area contributed by atoms with Gasteiger partial charge in [-0.3, -0.25) is 14.4 Å². The Balaban J connectivity index is 4.21. The van der Waals surface area contributed by atoms with Gasteiger partial charge >= 0.3 is 17.9 Å². The Kier molecular flexibility index (Phi) is 18.6. The van der Waals surface area contributed by atoms with Crippen molar-refractivity contribution in [3.63, 3.8) is 0 Å². The van der Waals surface area contributed by atoms with E-state index in [1.807, 2.05) is 0 Å². The molecule has 0 fully saturated rings. The van der Waals surface area contributed by atoms with Gasteiger partial charge in [-0.05, 0) is 32.1 Å². The van der Waals surface area contributed by atoms with Crippen LogP contribution in [-0.4, -0.2) is 63.9 Å². The number of unbranched alkanes of at least 4 members (excludes halogenated alkanes) is 10. The van der Waals surface area contributed by atoms with Crippen molar-refractivity contribution in [2.24, 2.45) is 0 Å². The highest BCUT2D eigenvalue weighted by molar-refractivity contribution is 5.67. The number of carboxylic acid groups (broad SMARTS) is 3. The van der Waals surface area contributed by atoms with Gasteiger partial charge in [0.15, 0.2) is 0 Å². The Morgan fingerprint density at radius 3 is 1.34 bits per heavy atom. The molecular weight excluding hydrogens is 410 g/mol. The number of aliphatic carboxylic acids is 3. The van der Waals surface area contributed by atoms with Crippen LogP contribution < -0.4 is 0 Å². The highest BCUT2D eigenvalue weighted by atomic mass is 16.4. The second-order valence-corrected chi connectivity index (χ2v) is 8.90. The summed E-state index contributed by atoms with van der Waals surface area (Å²) >= 11 is 0. The van der Waals surface area contributed by atoms with Crippen LogP contribution in [0.4, 0.5) is 0 Å². The summed E-state index contributed by atoms with van der Waals surface area (Å²) in [5.41, 5.74) is 0. The average Bonchev–Trinajstić information content (AvgIpc) is 2.74. The minimum Gasteiger partial charge on any atom is -0.481 e. The molecule has 0 aromatic carbocycles. The Morgan fingerprint density at radius 1 is 0.562 bits per heavy atom. The summed E-state index contributed by atoms with van der Waals surface area (Å²) in [7, 11) is 0. The largest absolute Gasteiger partial charge is 0.481 e. The fourth-order valence-electron chi connectivity index (χ4n) is 4.00. The van der Waals surface area contributed by atoms with E-state index in [0.29, 0.717) is 6.54 Å². The molecule has 186 valence electrons. The van der Waals surface area contributed by atoms with Crippen molar-refractivity contribution >= 4 is 17.9 Å². The first-order chi connectivity index (χ1) is 15.3. The standard InChI is InChI=1S/C25H45NO6/c1-2-3-4-5-6-7-8-9-10-11-12-13-14-15-19-26(20-16-23(27)28,21-17-24(29)30)22-18-25(31)32/h5-6H,2-4,7-22H2,1H3,(H2-,27,28,29,30,31,32)/p+1/b6-5+. The molecule has 7 heteroatoms. The van der Waals surface area contributed by atoms with Crippen molar-refractivity contribution in [1.82, 2.24) is 0 Å². The van der Waals surface area contributed by atoms with Crippen LogP contribution in [0.5, 0.6) is 0 Å². The number of carboxylic acids is 3. The molecule has 0 aromatic heterocycles. The summed E-state index contributed by atoms with van der Waals surface area (Å²) in [4.78, 5) is 33.2. The summed E-state index contributed by atoms with van der Waals surface area (Å²) in [6.07, 6.45) is 18.4. The van der Waals surface area contributed by atoms with E-state index < -0.39 is 17.9 Å². The molecule has 0 unspecified atom stereocenters. The van der Waals surface area contributed by atoms with Crippen molar-refractivity contribution in [3.05, 3.63) is 12.2 Å². The Morgan fingerprint density at radius 2 is 0.938 bits per heavy atom. The number of allylic oxidation sites excluding steroid dienone is 2. The third-order valence-electron chi connectivity index (χ3n) is 6.04. The highest BCUT2D eigenvalue weighted by Crippen LogP contribution is 2.17. The first-order valence-corrected chi connectivity index (χ1v) is 12.5. The smallest absolute Gasteiger partial charge is 0.309 e. The molecule has 0 radical (unpaired) electrons. The molecule has 0 saturated heterocycles.